The molecule has 3 aromatic rings. The number of hydrogen-bond donors (Lipinski definition) is 2. The topological polar surface area (TPSA) is 110 Å². The third kappa shape index (κ3) is 3.43. The molecule has 0 atom stereocenters. The average Bonchev–Trinajstić information content (AvgIpc) is 3.18. The SMILES string of the molecule is COc1ccc(NC(=O)Cn2c(O)c(C3=c4ccccc4=NC3=O)sc2=O)cc1. The average molecular weight is 409 g/mol. The largest absolute Gasteiger partial charge is 0.497 e. The van der Waals surface area contributed by atoms with Crippen LogP contribution < -0.4 is 25.5 Å². The van der Waals surface area contributed by atoms with E-state index in [0.717, 1.165) is 4.57 Å². The summed E-state index contributed by atoms with van der Waals surface area (Å²) in [7, 11) is 1.54. The molecule has 2 heterocycles. The van der Waals surface area contributed by atoms with E-state index in [2.05, 4.69) is 10.3 Å². The van der Waals surface area contributed by atoms with Crippen LogP contribution in [-0.2, 0) is 16.1 Å². The molecule has 0 bridgehead atoms. The molecule has 9 heteroatoms. The molecule has 8 nitrogen and oxygen atoms in total. The first-order valence-corrected chi connectivity index (χ1v) is 9.39. The van der Waals surface area contributed by atoms with Crippen LogP contribution >= 0.6 is 11.3 Å². The first-order chi connectivity index (χ1) is 14.0. The van der Waals surface area contributed by atoms with E-state index < -0.39 is 29.1 Å². The van der Waals surface area contributed by atoms with Crippen molar-refractivity contribution in [3.05, 3.63) is 73.7 Å². The van der Waals surface area contributed by atoms with Gasteiger partial charge in [0.2, 0.25) is 11.8 Å². The highest BCUT2D eigenvalue weighted by Crippen LogP contribution is 2.28. The Bertz CT molecular complexity index is 1310. The lowest BCUT2D eigenvalue weighted by atomic mass is 10.1. The minimum absolute atomic E-state index is 0.103. The van der Waals surface area contributed by atoms with Crippen LogP contribution in [0.15, 0.2) is 58.3 Å². The van der Waals surface area contributed by atoms with Crippen LogP contribution in [0.2, 0.25) is 0 Å². The highest BCUT2D eigenvalue weighted by atomic mass is 32.1. The number of benzene rings is 2. The fourth-order valence-corrected chi connectivity index (χ4v) is 3.94. The molecular formula is C20H15N3O5S. The second kappa shape index (κ2) is 7.36. The molecule has 0 spiro atoms. The summed E-state index contributed by atoms with van der Waals surface area (Å²) in [6.45, 7) is -0.395. The standard InChI is InChI=1S/C20H15N3O5S/c1-28-12-8-6-11(7-9-12)21-15(24)10-23-19(26)17(29-20(23)27)16-13-4-2-3-5-14(13)22-18(16)25/h2-9,26H,10H2,1H3,(H,21,24). The van der Waals surface area contributed by atoms with E-state index >= 15 is 0 Å². The lowest BCUT2D eigenvalue weighted by molar-refractivity contribution is -0.117. The van der Waals surface area contributed by atoms with E-state index in [1.54, 1.807) is 48.5 Å². The van der Waals surface area contributed by atoms with Crippen molar-refractivity contribution in [1.82, 2.24) is 4.57 Å². The number of amides is 2. The molecule has 4 rings (SSSR count). The quantitative estimate of drug-likeness (QED) is 0.642. The fraction of sp³-hybridized carbons (Fsp3) is 0.100. The predicted molar refractivity (Wildman–Crippen MR) is 107 cm³/mol. The first-order valence-electron chi connectivity index (χ1n) is 8.57. The summed E-state index contributed by atoms with van der Waals surface area (Å²) in [6, 6.07) is 13.6. The van der Waals surface area contributed by atoms with Gasteiger partial charge in [0.25, 0.3) is 5.91 Å². The van der Waals surface area contributed by atoms with Gasteiger partial charge in [-0.05, 0) is 30.3 Å². The van der Waals surface area contributed by atoms with E-state index in [0.29, 0.717) is 33.3 Å². The van der Waals surface area contributed by atoms with Gasteiger partial charge in [0.05, 0.1) is 18.0 Å². The summed E-state index contributed by atoms with van der Waals surface area (Å²) in [4.78, 5) is 40.5. The molecule has 0 saturated carbocycles. The normalized spacial score (nSPS) is 12.4. The number of ether oxygens (including phenoxy) is 1. The summed E-state index contributed by atoms with van der Waals surface area (Å²) >= 11 is 0.702. The summed E-state index contributed by atoms with van der Waals surface area (Å²) in [5.74, 6) is -0.814. The predicted octanol–water partition coefficient (Wildman–Crippen LogP) is 0.621. The van der Waals surface area contributed by atoms with Gasteiger partial charge in [-0.1, -0.05) is 29.5 Å². The fourth-order valence-electron chi connectivity index (χ4n) is 3.00. The van der Waals surface area contributed by atoms with Crippen LogP contribution in [0.25, 0.3) is 5.57 Å². The van der Waals surface area contributed by atoms with Crippen molar-refractivity contribution in [3.63, 3.8) is 0 Å². The maximum Gasteiger partial charge on any atom is 0.311 e. The maximum absolute atomic E-state index is 12.4. The Kier molecular flexibility index (Phi) is 4.73. The lowest BCUT2D eigenvalue weighted by Crippen LogP contribution is -2.24. The van der Waals surface area contributed by atoms with Crippen molar-refractivity contribution < 1.29 is 19.4 Å². The molecule has 0 fully saturated rings. The van der Waals surface area contributed by atoms with Crippen LogP contribution in [-0.4, -0.2) is 28.6 Å². The number of methoxy groups -OCH3 is 1. The summed E-state index contributed by atoms with van der Waals surface area (Å²) in [6.07, 6.45) is 0. The summed E-state index contributed by atoms with van der Waals surface area (Å²) in [5.41, 5.74) is 0.682. The van der Waals surface area contributed by atoms with Gasteiger partial charge in [0.1, 0.15) is 17.2 Å². The molecule has 0 radical (unpaired) electrons. The molecule has 29 heavy (non-hydrogen) atoms. The monoisotopic (exact) mass is 409 g/mol. The van der Waals surface area contributed by atoms with Gasteiger partial charge in [-0.2, -0.15) is 0 Å². The smallest absolute Gasteiger partial charge is 0.311 e. The Morgan fingerprint density at radius 3 is 2.62 bits per heavy atom. The Balaban J connectivity index is 1.63. The highest BCUT2D eigenvalue weighted by molar-refractivity contribution is 7.11. The molecule has 0 saturated heterocycles. The summed E-state index contributed by atoms with van der Waals surface area (Å²) in [5, 5.41) is 14.2. The number of carbonyl (C=O) groups is 2. The van der Waals surface area contributed by atoms with Gasteiger partial charge in [0, 0.05) is 10.9 Å². The molecule has 1 aliphatic heterocycles. The van der Waals surface area contributed by atoms with Crippen molar-refractivity contribution in [2.75, 3.05) is 12.4 Å². The molecule has 1 aliphatic rings. The molecule has 0 aliphatic carbocycles. The maximum atomic E-state index is 12.4. The van der Waals surface area contributed by atoms with Crippen molar-refractivity contribution in [3.8, 4) is 11.6 Å². The number of thiazole rings is 1. The minimum Gasteiger partial charge on any atom is -0.497 e. The second-order valence-corrected chi connectivity index (χ2v) is 7.15. The van der Waals surface area contributed by atoms with Crippen molar-refractivity contribution in [1.29, 1.82) is 0 Å². The van der Waals surface area contributed by atoms with E-state index in [1.165, 1.54) is 7.11 Å². The minimum atomic E-state index is -0.549. The van der Waals surface area contributed by atoms with Crippen LogP contribution in [0.4, 0.5) is 5.69 Å². The van der Waals surface area contributed by atoms with Gasteiger partial charge in [0.15, 0.2) is 0 Å². The van der Waals surface area contributed by atoms with E-state index in [4.69, 9.17) is 4.74 Å². The van der Waals surface area contributed by atoms with E-state index in [-0.39, 0.29) is 10.5 Å². The van der Waals surface area contributed by atoms with Crippen LogP contribution in [0.1, 0.15) is 4.88 Å². The van der Waals surface area contributed by atoms with E-state index in [9.17, 15) is 19.5 Å². The zero-order valence-corrected chi connectivity index (χ0v) is 16.0. The molecule has 0 unspecified atom stereocenters. The summed E-state index contributed by atoms with van der Waals surface area (Å²) < 4.78 is 5.99. The van der Waals surface area contributed by atoms with Crippen molar-refractivity contribution in [2.24, 2.45) is 4.99 Å². The Morgan fingerprint density at radius 1 is 1.17 bits per heavy atom. The van der Waals surface area contributed by atoms with Crippen LogP contribution in [0.5, 0.6) is 11.6 Å². The first kappa shape index (κ1) is 18.6. The van der Waals surface area contributed by atoms with Gasteiger partial charge < -0.3 is 15.2 Å². The molecule has 146 valence electrons. The number of aromatic nitrogens is 1. The molecular weight excluding hydrogens is 394 g/mol. The number of carbonyl (C=O) groups excluding carboxylic acids is 2. The zero-order chi connectivity index (χ0) is 20.5. The number of hydrogen-bond acceptors (Lipinski definition) is 6. The van der Waals surface area contributed by atoms with Crippen molar-refractivity contribution in [2.45, 2.75) is 6.54 Å². The Morgan fingerprint density at radius 2 is 1.90 bits per heavy atom. The molecule has 2 aromatic carbocycles. The number of fused-ring (bicyclic) bond motifs is 1. The molecule has 2 N–H and O–H groups in total. The van der Waals surface area contributed by atoms with Crippen LogP contribution in [0.3, 0.4) is 0 Å². The van der Waals surface area contributed by atoms with Crippen LogP contribution in [0, 0.1) is 0 Å². The molecule has 1 aromatic heterocycles. The number of aromatic hydroxyl groups is 1. The molecule has 2 amide bonds. The number of para-hydroxylation sites is 1. The van der Waals surface area contributed by atoms with Crippen molar-refractivity contribution >= 4 is 34.4 Å². The Hall–Kier alpha value is -3.72. The Labute approximate surface area is 168 Å². The highest BCUT2D eigenvalue weighted by Gasteiger charge is 2.26. The lowest BCUT2D eigenvalue weighted by Gasteiger charge is -2.07. The number of nitrogens with one attached hydrogen (secondary N) is 1. The zero-order valence-electron chi connectivity index (χ0n) is 15.2. The third-order valence-electron chi connectivity index (χ3n) is 4.38. The van der Waals surface area contributed by atoms with Gasteiger partial charge >= 0.3 is 4.87 Å². The van der Waals surface area contributed by atoms with Gasteiger partial charge in [-0.25, -0.2) is 4.99 Å². The second-order valence-electron chi connectivity index (χ2n) is 6.19. The van der Waals surface area contributed by atoms with E-state index in [1.807, 2.05) is 0 Å². The third-order valence-corrected chi connectivity index (χ3v) is 5.37. The number of anilines is 1. The number of nitrogens with zero attached hydrogens (tertiary/aromatic N) is 2. The van der Waals surface area contributed by atoms with Gasteiger partial charge in [-0.3, -0.25) is 19.0 Å². The van der Waals surface area contributed by atoms with Gasteiger partial charge in [-0.15, -0.1) is 0 Å². The number of rotatable bonds is 5.